The molecular formula is C9H16OS. The fourth-order valence-corrected chi connectivity index (χ4v) is 3.22. The molecular weight excluding hydrogens is 156 g/mol. The smallest absolute Gasteiger partial charge is 0.0585 e. The Bertz CT molecular complexity index is 117. The normalized spacial score (nSPS) is 33.3. The van der Waals surface area contributed by atoms with Gasteiger partial charge in [-0.3, -0.25) is 0 Å². The van der Waals surface area contributed by atoms with E-state index in [0.29, 0.717) is 0 Å². The van der Waals surface area contributed by atoms with Gasteiger partial charge in [-0.2, -0.15) is 11.8 Å². The molecule has 11 heavy (non-hydrogen) atoms. The number of rotatable bonds is 2. The second kappa shape index (κ2) is 3.81. The lowest BCUT2D eigenvalue weighted by Crippen LogP contribution is -2.25. The highest BCUT2D eigenvalue weighted by molar-refractivity contribution is 8.00. The molecule has 64 valence electrons. The van der Waals surface area contributed by atoms with Crippen molar-refractivity contribution in [3.63, 3.8) is 0 Å². The first-order valence-electron chi connectivity index (χ1n) is 4.68. The molecule has 1 nitrogen and oxygen atoms in total. The molecule has 0 amide bonds. The Kier molecular flexibility index (Phi) is 2.75. The Balaban J connectivity index is 1.67. The Labute approximate surface area is 72.9 Å². The zero-order valence-electron chi connectivity index (χ0n) is 6.92. The molecule has 0 N–H and O–H groups in total. The van der Waals surface area contributed by atoms with E-state index in [1.807, 2.05) is 0 Å². The first kappa shape index (κ1) is 7.93. The van der Waals surface area contributed by atoms with Crippen molar-refractivity contribution in [2.75, 3.05) is 13.2 Å². The van der Waals surface area contributed by atoms with E-state index in [2.05, 4.69) is 11.8 Å². The van der Waals surface area contributed by atoms with Gasteiger partial charge in [0.05, 0.1) is 6.61 Å². The summed E-state index contributed by atoms with van der Waals surface area (Å²) >= 11 is 2.18. The molecule has 0 aromatic heterocycles. The van der Waals surface area contributed by atoms with Gasteiger partial charge in [-0.1, -0.05) is 6.42 Å². The Morgan fingerprint density at radius 3 is 2.36 bits per heavy atom. The average Bonchev–Trinajstić information content (AvgIpc) is 1.99. The standard InChI is InChI=1S/C9H16OS/c1-3-8(4-1)11-9-5-2-6-10-7-9/h8-9H,1-7H2. The topological polar surface area (TPSA) is 9.23 Å². The molecule has 1 saturated carbocycles. The molecule has 1 aliphatic carbocycles. The SMILES string of the molecule is C1CC(SC2CCCOC2)C1. The summed E-state index contributed by atoms with van der Waals surface area (Å²) < 4.78 is 5.43. The Hall–Kier alpha value is 0.310. The fraction of sp³-hybridized carbons (Fsp3) is 1.00. The molecule has 2 fully saturated rings. The van der Waals surface area contributed by atoms with E-state index in [0.717, 1.165) is 23.7 Å². The van der Waals surface area contributed by atoms with Gasteiger partial charge in [-0.25, -0.2) is 0 Å². The van der Waals surface area contributed by atoms with Crippen LogP contribution in [0.3, 0.4) is 0 Å². The zero-order chi connectivity index (χ0) is 7.52. The van der Waals surface area contributed by atoms with Crippen LogP contribution >= 0.6 is 11.8 Å². The monoisotopic (exact) mass is 172 g/mol. The van der Waals surface area contributed by atoms with Crippen LogP contribution in [0.15, 0.2) is 0 Å². The molecule has 0 aromatic rings. The molecule has 2 aliphatic rings. The lowest BCUT2D eigenvalue weighted by atomic mass is 10.00. The third kappa shape index (κ3) is 2.12. The van der Waals surface area contributed by atoms with Crippen molar-refractivity contribution in [3.8, 4) is 0 Å². The van der Waals surface area contributed by atoms with Crippen molar-refractivity contribution in [1.82, 2.24) is 0 Å². The van der Waals surface area contributed by atoms with E-state index in [1.54, 1.807) is 0 Å². The van der Waals surface area contributed by atoms with Crippen LogP contribution in [0.4, 0.5) is 0 Å². The van der Waals surface area contributed by atoms with E-state index in [1.165, 1.54) is 32.1 Å². The highest BCUT2D eigenvalue weighted by atomic mass is 32.2. The summed E-state index contributed by atoms with van der Waals surface area (Å²) in [5.74, 6) is 0. The summed E-state index contributed by atoms with van der Waals surface area (Å²) in [5, 5.41) is 1.82. The summed E-state index contributed by atoms with van der Waals surface area (Å²) in [5.41, 5.74) is 0. The van der Waals surface area contributed by atoms with Gasteiger partial charge in [0.15, 0.2) is 0 Å². The van der Waals surface area contributed by atoms with Crippen LogP contribution < -0.4 is 0 Å². The van der Waals surface area contributed by atoms with Gasteiger partial charge in [0.2, 0.25) is 0 Å². The van der Waals surface area contributed by atoms with Crippen LogP contribution in [0.2, 0.25) is 0 Å². The third-order valence-corrected chi connectivity index (χ3v) is 4.17. The highest BCUT2D eigenvalue weighted by Gasteiger charge is 2.23. The van der Waals surface area contributed by atoms with Crippen LogP contribution in [0.5, 0.6) is 0 Å². The van der Waals surface area contributed by atoms with Gasteiger partial charge in [-0.15, -0.1) is 0 Å². The molecule has 2 heteroatoms. The number of thioether (sulfide) groups is 1. The van der Waals surface area contributed by atoms with Gasteiger partial charge in [-0.05, 0) is 25.7 Å². The van der Waals surface area contributed by atoms with E-state index in [4.69, 9.17) is 4.74 Å². The second-order valence-electron chi connectivity index (χ2n) is 3.53. The van der Waals surface area contributed by atoms with E-state index in [-0.39, 0.29) is 0 Å². The van der Waals surface area contributed by atoms with E-state index < -0.39 is 0 Å². The third-order valence-electron chi connectivity index (χ3n) is 2.56. The van der Waals surface area contributed by atoms with Crippen molar-refractivity contribution in [3.05, 3.63) is 0 Å². The molecule has 0 spiro atoms. The van der Waals surface area contributed by atoms with Crippen molar-refractivity contribution >= 4 is 11.8 Å². The summed E-state index contributed by atoms with van der Waals surface area (Å²) in [6, 6.07) is 0. The van der Waals surface area contributed by atoms with Crippen LogP contribution in [-0.4, -0.2) is 23.7 Å². The maximum absolute atomic E-state index is 5.43. The summed E-state index contributed by atoms with van der Waals surface area (Å²) in [7, 11) is 0. The first-order chi connectivity index (χ1) is 5.45. The minimum atomic E-state index is 0.828. The lowest BCUT2D eigenvalue weighted by molar-refractivity contribution is 0.101. The Morgan fingerprint density at radius 2 is 1.82 bits per heavy atom. The first-order valence-corrected chi connectivity index (χ1v) is 5.62. The minimum absolute atomic E-state index is 0.828. The molecule has 1 saturated heterocycles. The zero-order valence-corrected chi connectivity index (χ0v) is 7.74. The molecule has 0 aromatic carbocycles. The molecule has 0 radical (unpaired) electrons. The second-order valence-corrected chi connectivity index (χ2v) is 5.13. The van der Waals surface area contributed by atoms with Gasteiger partial charge >= 0.3 is 0 Å². The van der Waals surface area contributed by atoms with Crippen LogP contribution in [0.1, 0.15) is 32.1 Å². The van der Waals surface area contributed by atoms with E-state index in [9.17, 15) is 0 Å². The predicted molar refractivity (Wildman–Crippen MR) is 49.1 cm³/mol. The quantitative estimate of drug-likeness (QED) is 0.632. The van der Waals surface area contributed by atoms with Crippen LogP contribution in [0, 0.1) is 0 Å². The van der Waals surface area contributed by atoms with Crippen molar-refractivity contribution in [2.45, 2.75) is 42.6 Å². The molecule has 0 bridgehead atoms. The summed E-state index contributed by atoms with van der Waals surface area (Å²) in [6.07, 6.45) is 7.05. The number of ether oxygens (including phenoxy) is 1. The van der Waals surface area contributed by atoms with Crippen molar-refractivity contribution in [2.24, 2.45) is 0 Å². The van der Waals surface area contributed by atoms with Gasteiger partial charge in [0.25, 0.3) is 0 Å². The minimum Gasteiger partial charge on any atom is -0.380 e. The Morgan fingerprint density at radius 1 is 1.00 bits per heavy atom. The fourth-order valence-electron chi connectivity index (χ4n) is 1.60. The maximum atomic E-state index is 5.43. The van der Waals surface area contributed by atoms with Gasteiger partial charge < -0.3 is 4.74 Å². The number of hydrogen-bond donors (Lipinski definition) is 0. The molecule has 2 rings (SSSR count). The summed E-state index contributed by atoms with van der Waals surface area (Å²) in [4.78, 5) is 0. The van der Waals surface area contributed by atoms with Gasteiger partial charge in [0.1, 0.15) is 0 Å². The lowest BCUT2D eigenvalue weighted by Gasteiger charge is -2.31. The molecule has 1 heterocycles. The average molecular weight is 172 g/mol. The van der Waals surface area contributed by atoms with Crippen molar-refractivity contribution in [1.29, 1.82) is 0 Å². The molecule has 1 aliphatic heterocycles. The van der Waals surface area contributed by atoms with Crippen molar-refractivity contribution < 1.29 is 4.74 Å². The summed E-state index contributed by atoms with van der Waals surface area (Å²) in [6.45, 7) is 2.02. The number of hydrogen-bond acceptors (Lipinski definition) is 2. The van der Waals surface area contributed by atoms with Crippen LogP contribution in [0.25, 0.3) is 0 Å². The van der Waals surface area contributed by atoms with E-state index >= 15 is 0 Å². The maximum Gasteiger partial charge on any atom is 0.0585 e. The largest absolute Gasteiger partial charge is 0.380 e. The predicted octanol–water partition coefficient (Wildman–Crippen LogP) is 2.45. The van der Waals surface area contributed by atoms with Gasteiger partial charge in [0, 0.05) is 17.1 Å². The molecule has 1 atom stereocenters. The molecule has 1 unspecified atom stereocenters. The highest BCUT2D eigenvalue weighted by Crippen LogP contribution is 2.36. The van der Waals surface area contributed by atoms with Crippen LogP contribution in [-0.2, 0) is 4.74 Å².